The first kappa shape index (κ1) is 15.8. The Morgan fingerprint density at radius 3 is 2.65 bits per heavy atom. The van der Waals surface area contributed by atoms with Gasteiger partial charge in [0.1, 0.15) is 4.75 Å². The van der Waals surface area contributed by atoms with E-state index in [1.54, 1.807) is 19.2 Å². The second-order valence-electron chi connectivity index (χ2n) is 6.36. The molecule has 4 heteroatoms. The molecule has 0 saturated heterocycles. The van der Waals surface area contributed by atoms with Gasteiger partial charge in [0.2, 0.25) is 10.0 Å². The molecule has 23 heavy (non-hydrogen) atoms. The van der Waals surface area contributed by atoms with Gasteiger partial charge in [0, 0.05) is 11.6 Å². The van der Waals surface area contributed by atoms with Crippen molar-refractivity contribution >= 4 is 27.0 Å². The summed E-state index contributed by atoms with van der Waals surface area (Å²) in [7, 11) is -3.57. The smallest absolute Gasteiger partial charge is 0.244 e. The molecule has 2 aromatic rings. The summed E-state index contributed by atoms with van der Waals surface area (Å²) in [5, 5.41) is 0.916. The Morgan fingerprint density at radius 1 is 1.26 bits per heavy atom. The van der Waals surface area contributed by atoms with Crippen molar-refractivity contribution in [1.29, 1.82) is 0 Å². The van der Waals surface area contributed by atoms with Crippen LogP contribution in [0.25, 0.3) is 17.0 Å². The van der Waals surface area contributed by atoms with Gasteiger partial charge in [0.05, 0.1) is 5.52 Å². The minimum atomic E-state index is -3.57. The number of fused-ring (bicyclic) bond motifs is 1. The lowest BCUT2D eigenvalue weighted by Crippen LogP contribution is -2.38. The van der Waals surface area contributed by atoms with Crippen LogP contribution in [0, 0.1) is 6.92 Å². The van der Waals surface area contributed by atoms with Crippen molar-refractivity contribution in [3.05, 3.63) is 65.9 Å². The maximum atomic E-state index is 13.3. The van der Waals surface area contributed by atoms with Crippen LogP contribution in [0.5, 0.6) is 0 Å². The third kappa shape index (κ3) is 2.29. The number of allylic oxidation sites excluding steroid dienone is 3. The Bertz CT molecular complexity index is 961. The van der Waals surface area contributed by atoms with Gasteiger partial charge in [-0.2, -0.15) is 0 Å². The Morgan fingerprint density at radius 2 is 2.00 bits per heavy atom. The number of hydrogen-bond donors (Lipinski definition) is 0. The monoisotopic (exact) mass is 327 g/mol. The van der Waals surface area contributed by atoms with E-state index in [9.17, 15) is 8.42 Å². The molecule has 1 aliphatic carbocycles. The van der Waals surface area contributed by atoms with Gasteiger partial charge in [-0.25, -0.2) is 12.4 Å². The number of rotatable bonds is 3. The quantitative estimate of drug-likeness (QED) is 0.836. The molecule has 0 fully saturated rings. The second-order valence-corrected chi connectivity index (χ2v) is 8.64. The number of hydrogen-bond acceptors (Lipinski definition) is 2. The normalized spacial score (nSPS) is 21.4. The van der Waals surface area contributed by atoms with Gasteiger partial charge in [0.15, 0.2) is 0 Å². The van der Waals surface area contributed by atoms with E-state index in [4.69, 9.17) is 0 Å². The van der Waals surface area contributed by atoms with Gasteiger partial charge >= 0.3 is 0 Å². The molecule has 1 atom stereocenters. The molecular weight excluding hydrogens is 306 g/mol. The van der Waals surface area contributed by atoms with Crippen molar-refractivity contribution in [2.45, 2.75) is 31.9 Å². The van der Waals surface area contributed by atoms with Crippen LogP contribution in [0.2, 0.25) is 0 Å². The Kier molecular flexibility index (Phi) is 3.60. The average Bonchev–Trinajstić information content (AvgIpc) is 2.94. The molecule has 1 heterocycles. The summed E-state index contributed by atoms with van der Waals surface area (Å²) in [4.78, 5) is 0. The topological polar surface area (TPSA) is 39.1 Å². The van der Waals surface area contributed by atoms with Crippen molar-refractivity contribution in [1.82, 2.24) is 3.97 Å². The first-order chi connectivity index (χ1) is 10.8. The van der Waals surface area contributed by atoms with Gasteiger partial charge in [-0.15, -0.1) is 0 Å². The predicted octanol–water partition coefficient (Wildman–Crippen LogP) is 4.44. The fraction of sp³-hybridized carbons (Fsp3) is 0.263. The summed E-state index contributed by atoms with van der Waals surface area (Å²) in [6.45, 7) is 9.47. The second kappa shape index (κ2) is 5.24. The summed E-state index contributed by atoms with van der Waals surface area (Å²) < 4.78 is 27.2. The van der Waals surface area contributed by atoms with Crippen molar-refractivity contribution < 1.29 is 8.42 Å². The van der Waals surface area contributed by atoms with Crippen LogP contribution in [0.4, 0.5) is 0 Å². The zero-order valence-electron chi connectivity index (χ0n) is 13.7. The average molecular weight is 327 g/mol. The molecule has 1 aromatic carbocycles. The van der Waals surface area contributed by atoms with Crippen molar-refractivity contribution in [3.8, 4) is 0 Å². The number of nitrogens with zero attached hydrogens (tertiary/aromatic N) is 1. The van der Waals surface area contributed by atoms with Crippen LogP contribution < -0.4 is 0 Å². The molecule has 3 nitrogen and oxygen atoms in total. The number of aromatic nitrogens is 1. The highest BCUT2D eigenvalue weighted by Crippen LogP contribution is 2.34. The summed E-state index contributed by atoms with van der Waals surface area (Å²) in [5.74, 6) is 0. The molecule has 0 bridgehead atoms. The SMILES string of the molecule is C=Cc1ccc(C)c2c1ccn2S(=O)(=O)C1(C)C=C(C)C=CC1. The van der Waals surface area contributed by atoms with Crippen LogP contribution in [0.3, 0.4) is 0 Å². The first-order valence-corrected chi connectivity index (χ1v) is 9.08. The third-order valence-electron chi connectivity index (χ3n) is 4.55. The summed E-state index contributed by atoms with van der Waals surface area (Å²) in [6, 6.07) is 5.77. The fourth-order valence-electron chi connectivity index (χ4n) is 3.27. The zero-order chi connectivity index (χ0) is 16.8. The van der Waals surface area contributed by atoms with Gasteiger partial charge in [-0.3, -0.25) is 0 Å². The molecule has 0 saturated carbocycles. The molecule has 1 aromatic heterocycles. The Balaban J connectivity index is 2.29. The van der Waals surface area contributed by atoms with E-state index in [1.807, 2.05) is 50.3 Å². The fourth-order valence-corrected chi connectivity index (χ4v) is 5.06. The van der Waals surface area contributed by atoms with Gasteiger partial charge < -0.3 is 0 Å². The van der Waals surface area contributed by atoms with Crippen LogP contribution in [0.1, 0.15) is 31.4 Å². The van der Waals surface area contributed by atoms with Gasteiger partial charge in [-0.1, -0.05) is 48.6 Å². The zero-order valence-corrected chi connectivity index (χ0v) is 14.5. The highest BCUT2D eigenvalue weighted by molar-refractivity contribution is 7.91. The molecule has 0 spiro atoms. The molecule has 3 rings (SSSR count). The molecule has 0 N–H and O–H groups in total. The van der Waals surface area contributed by atoms with Crippen LogP contribution >= 0.6 is 0 Å². The maximum absolute atomic E-state index is 13.3. The van der Waals surface area contributed by atoms with E-state index in [-0.39, 0.29) is 0 Å². The van der Waals surface area contributed by atoms with Crippen molar-refractivity contribution in [2.24, 2.45) is 0 Å². The Labute approximate surface area is 137 Å². The lowest BCUT2D eigenvalue weighted by atomic mass is 9.98. The molecule has 0 radical (unpaired) electrons. The molecule has 0 aliphatic heterocycles. The standard InChI is InChI=1S/C19H21NO2S/c1-5-16-9-8-15(3)18-17(16)10-12-20(18)23(21,22)19(4)11-6-7-14(2)13-19/h5-10,12-13H,1,11H2,2-4H3. The highest BCUT2D eigenvalue weighted by atomic mass is 32.2. The molecule has 1 aliphatic rings. The van der Waals surface area contributed by atoms with Crippen molar-refractivity contribution in [2.75, 3.05) is 0 Å². The van der Waals surface area contributed by atoms with Crippen LogP contribution in [0.15, 0.2) is 54.8 Å². The van der Waals surface area contributed by atoms with Crippen LogP contribution in [-0.4, -0.2) is 17.1 Å². The van der Waals surface area contributed by atoms with E-state index in [0.717, 1.165) is 27.6 Å². The lowest BCUT2D eigenvalue weighted by molar-refractivity contribution is 0.554. The van der Waals surface area contributed by atoms with Crippen LogP contribution in [-0.2, 0) is 10.0 Å². The van der Waals surface area contributed by atoms with Gasteiger partial charge in [-0.05, 0) is 44.4 Å². The summed E-state index contributed by atoms with van der Waals surface area (Å²) in [6.07, 6.45) is 9.64. The molecular formula is C19H21NO2S. The Hall–Kier alpha value is -2.07. The third-order valence-corrected chi connectivity index (χ3v) is 6.84. The summed E-state index contributed by atoms with van der Waals surface area (Å²) >= 11 is 0. The minimum absolute atomic E-state index is 0.479. The number of benzene rings is 1. The first-order valence-electron chi connectivity index (χ1n) is 7.64. The predicted molar refractivity (Wildman–Crippen MR) is 97.0 cm³/mol. The van der Waals surface area contributed by atoms with E-state index in [1.165, 1.54) is 3.97 Å². The van der Waals surface area contributed by atoms with E-state index in [0.29, 0.717) is 6.42 Å². The minimum Gasteiger partial charge on any atom is -0.244 e. The van der Waals surface area contributed by atoms with E-state index >= 15 is 0 Å². The lowest BCUT2D eigenvalue weighted by Gasteiger charge is -2.28. The highest BCUT2D eigenvalue weighted by Gasteiger charge is 2.39. The largest absolute Gasteiger partial charge is 0.248 e. The van der Waals surface area contributed by atoms with Crippen molar-refractivity contribution in [3.63, 3.8) is 0 Å². The van der Waals surface area contributed by atoms with E-state index in [2.05, 4.69) is 6.58 Å². The number of aryl methyl sites for hydroxylation is 1. The molecule has 1 unspecified atom stereocenters. The van der Waals surface area contributed by atoms with Gasteiger partial charge in [0.25, 0.3) is 0 Å². The summed E-state index contributed by atoms with van der Waals surface area (Å²) in [5.41, 5.74) is 3.60. The molecule has 120 valence electrons. The maximum Gasteiger partial charge on any atom is 0.248 e. The van der Waals surface area contributed by atoms with E-state index < -0.39 is 14.8 Å². The molecule has 0 amide bonds.